The molecule has 4 rings (SSSR count). The molecule has 2 N–H and O–H groups in total. The van der Waals surface area contributed by atoms with Gasteiger partial charge in [0.25, 0.3) is 0 Å². The van der Waals surface area contributed by atoms with Crippen molar-refractivity contribution in [2.45, 2.75) is 51.4 Å². The summed E-state index contributed by atoms with van der Waals surface area (Å²) in [6, 6.07) is 3.79. The van der Waals surface area contributed by atoms with Gasteiger partial charge in [0.15, 0.2) is 14.1 Å². The minimum atomic E-state index is -1.68. The molecule has 1 aromatic rings. The number of aromatic nitrogens is 2. The van der Waals surface area contributed by atoms with Gasteiger partial charge >= 0.3 is 0 Å². The number of hydrogen-bond donors (Lipinski definition) is 1. The van der Waals surface area contributed by atoms with Crippen molar-refractivity contribution >= 4 is 20.0 Å². The summed E-state index contributed by atoms with van der Waals surface area (Å²) >= 11 is 0. The number of piperidine rings is 2. The summed E-state index contributed by atoms with van der Waals surface area (Å²) in [4.78, 5) is 2.33. The van der Waals surface area contributed by atoms with Crippen LogP contribution in [0.15, 0.2) is 12.1 Å². The van der Waals surface area contributed by atoms with Crippen LogP contribution in [0, 0.1) is 11.8 Å². The Labute approximate surface area is 134 Å². The third-order valence-electron chi connectivity index (χ3n) is 5.68. The van der Waals surface area contributed by atoms with E-state index in [1.165, 1.54) is 6.42 Å². The van der Waals surface area contributed by atoms with Gasteiger partial charge in [0.05, 0.1) is 6.10 Å². The van der Waals surface area contributed by atoms with Crippen molar-refractivity contribution in [1.29, 1.82) is 0 Å². The Kier molecular flexibility index (Phi) is 3.72. The molecule has 6 heteroatoms. The molecule has 122 valence electrons. The Bertz CT molecular complexity index is 528. The zero-order valence-electron chi connectivity index (χ0n) is 14.3. The minimum Gasteiger partial charge on any atom is -0.413 e. The van der Waals surface area contributed by atoms with Crippen LogP contribution in [0.4, 0.5) is 11.6 Å². The van der Waals surface area contributed by atoms with Crippen LogP contribution in [0.5, 0.6) is 0 Å². The van der Waals surface area contributed by atoms with Gasteiger partial charge in [0.2, 0.25) is 0 Å². The molecule has 3 heterocycles. The zero-order valence-corrected chi connectivity index (χ0v) is 15.3. The third-order valence-corrected chi connectivity index (χ3v) is 10.2. The first-order valence-electron chi connectivity index (χ1n) is 8.19. The third kappa shape index (κ3) is 2.74. The fraction of sp³-hybridized carbons (Fsp3) is 0.750. The monoisotopic (exact) mass is 320 g/mol. The van der Waals surface area contributed by atoms with Crippen LogP contribution in [-0.4, -0.2) is 37.7 Å². The van der Waals surface area contributed by atoms with E-state index in [-0.39, 0.29) is 5.04 Å². The van der Waals surface area contributed by atoms with Crippen molar-refractivity contribution in [2.75, 3.05) is 23.7 Å². The molecule has 2 atom stereocenters. The van der Waals surface area contributed by atoms with E-state index in [1.54, 1.807) is 0 Å². The first-order chi connectivity index (χ1) is 10.2. The average molecular weight is 321 g/mol. The van der Waals surface area contributed by atoms with E-state index in [1.807, 2.05) is 12.1 Å². The lowest BCUT2D eigenvalue weighted by molar-refractivity contribution is -0.0433. The topological polar surface area (TPSA) is 64.3 Å². The van der Waals surface area contributed by atoms with Gasteiger partial charge in [-0.05, 0) is 36.7 Å². The van der Waals surface area contributed by atoms with Crippen LogP contribution in [0.2, 0.25) is 18.1 Å². The molecule has 0 radical (unpaired) electrons. The maximum absolute atomic E-state index is 6.66. The maximum Gasteiger partial charge on any atom is 0.192 e. The van der Waals surface area contributed by atoms with Crippen LogP contribution in [0.3, 0.4) is 0 Å². The minimum absolute atomic E-state index is 0.277. The van der Waals surface area contributed by atoms with Crippen LogP contribution in [-0.2, 0) is 4.43 Å². The SMILES string of the molecule is CC(C)(C)[Si](C)(C)OC1C2CC1CN(c1ccc(N)nn1)C2. The van der Waals surface area contributed by atoms with Gasteiger partial charge in [-0.1, -0.05) is 20.8 Å². The van der Waals surface area contributed by atoms with Crippen LogP contribution < -0.4 is 10.6 Å². The predicted octanol–water partition coefficient (Wildman–Crippen LogP) is 2.91. The highest BCUT2D eigenvalue weighted by Crippen LogP contribution is 2.47. The van der Waals surface area contributed by atoms with Crippen molar-refractivity contribution in [2.24, 2.45) is 11.8 Å². The molecule has 0 aromatic carbocycles. The maximum atomic E-state index is 6.66. The van der Waals surface area contributed by atoms with Gasteiger partial charge in [-0.2, -0.15) is 0 Å². The fourth-order valence-corrected chi connectivity index (χ4v) is 4.66. The summed E-state index contributed by atoms with van der Waals surface area (Å²) in [5, 5.41) is 8.46. The molecule has 1 aromatic heterocycles. The lowest BCUT2D eigenvalue weighted by atomic mass is 9.68. The van der Waals surface area contributed by atoms with Crippen molar-refractivity contribution in [3.63, 3.8) is 0 Å². The van der Waals surface area contributed by atoms with E-state index in [4.69, 9.17) is 10.2 Å². The summed E-state index contributed by atoms with van der Waals surface area (Å²) in [6.45, 7) is 13.7. The summed E-state index contributed by atoms with van der Waals surface area (Å²) < 4.78 is 6.66. The average Bonchev–Trinajstić information content (AvgIpc) is 2.44. The normalized spacial score (nSPS) is 28.4. The second-order valence-corrected chi connectivity index (χ2v) is 13.1. The molecular weight excluding hydrogens is 292 g/mol. The highest BCUT2D eigenvalue weighted by Gasteiger charge is 2.51. The van der Waals surface area contributed by atoms with Gasteiger partial charge in [-0.25, -0.2) is 0 Å². The van der Waals surface area contributed by atoms with Gasteiger partial charge in [0, 0.05) is 24.9 Å². The standard InChI is InChI=1S/C16H28N4OSi/c1-16(2,3)22(4,5)21-15-11-8-12(15)10-20(9-11)14-7-6-13(17)18-19-14/h6-7,11-12,15H,8-10H2,1-5H3,(H2,17,18). The summed E-state index contributed by atoms with van der Waals surface area (Å²) in [5.41, 5.74) is 5.62. The molecule has 3 fully saturated rings. The van der Waals surface area contributed by atoms with E-state index in [0.29, 0.717) is 23.8 Å². The van der Waals surface area contributed by atoms with Gasteiger partial charge in [-0.3, -0.25) is 0 Å². The number of nitrogens with two attached hydrogens (primary N) is 1. The zero-order chi connectivity index (χ0) is 16.1. The Morgan fingerprint density at radius 3 is 2.32 bits per heavy atom. The second-order valence-electron chi connectivity index (χ2n) is 8.32. The smallest absolute Gasteiger partial charge is 0.192 e. The molecule has 2 aliphatic heterocycles. The van der Waals surface area contributed by atoms with Crippen molar-refractivity contribution in [3.05, 3.63) is 12.1 Å². The van der Waals surface area contributed by atoms with Crippen LogP contribution >= 0.6 is 0 Å². The van der Waals surface area contributed by atoms with Crippen molar-refractivity contribution in [1.82, 2.24) is 10.2 Å². The first kappa shape index (κ1) is 15.7. The summed E-state index contributed by atoms with van der Waals surface area (Å²) in [7, 11) is -1.68. The van der Waals surface area contributed by atoms with E-state index >= 15 is 0 Å². The highest BCUT2D eigenvalue weighted by molar-refractivity contribution is 6.74. The van der Waals surface area contributed by atoms with Gasteiger partial charge in [-0.15, -0.1) is 10.2 Å². The Hall–Kier alpha value is -1.14. The molecular formula is C16H28N4OSi. The van der Waals surface area contributed by atoms with Crippen molar-refractivity contribution < 1.29 is 4.43 Å². The van der Waals surface area contributed by atoms with E-state index in [2.05, 4.69) is 49.0 Å². The summed E-state index contributed by atoms with van der Waals surface area (Å²) in [6.07, 6.45) is 1.73. The number of anilines is 2. The molecule has 1 aliphatic carbocycles. The lowest BCUT2D eigenvalue weighted by Crippen LogP contribution is -2.62. The molecule has 22 heavy (non-hydrogen) atoms. The largest absolute Gasteiger partial charge is 0.413 e. The van der Waals surface area contributed by atoms with Gasteiger partial charge < -0.3 is 15.1 Å². The number of fused-ring (bicyclic) bond motifs is 2. The number of rotatable bonds is 3. The lowest BCUT2D eigenvalue weighted by Gasteiger charge is -2.56. The Morgan fingerprint density at radius 1 is 1.18 bits per heavy atom. The predicted molar refractivity (Wildman–Crippen MR) is 92.3 cm³/mol. The Morgan fingerprint density at radius 2 is 1.82 bits per heavy atom. The van der Waals surface area contributed by atoms with Crippen LogP contribution in [0.25, 0.3) is 0 Å². The first-order valence-corrected chi connectivity index (χ1v) is 11.1. The van der Waals surface area contributed by atoms with E-state index < -0.39 is 8.32 Å². The number of hydrogen-bond acceptors (Lipinski definition) is 5. The van der Waals surface area contributed by atoms with Gasteiger partial charge in [0.1, 0.15) is 5.82 Å². The molecule has 2 saturated heterocycles. The molecule has 0 amide bonds. The number of nitrogen functional groups attached to an aromatic ring is 1. The molecule has 3 aliphatic rings. The highest BCUT2D eigenvalue weighted by atomic mass is 28.4. The number of nitrogens with zero attached hydrogens (tertiary/aromatic N) is 3. The van der Waals surface area contributed by atoms with Crippen molar-refractivity contribution in [3.8, 4) is 0 Å². The fourth-order valence-electron chi connectivity index (χ4n) is 3.24. The summed E-state index contributed by atoms with van der Waals surface area (Å²) in [5.74, 6) is 2.68. The van der Waals surface area contributed by atoms with Crippen LogP contribution in [0.1, 0.15) is 27.2 Å². The van der Waals surface area contributed by atoms with E-state index in [0.717, 1.165) is 18.9 Å². The molecule has 1 saturated carbocycles. The Balaban J connectivity index is 1.64. The molecule has 0 spiro atoms. The molecule has 5 nitrogen and oxygen atoms in total. The molecule has 2 unspecified atom stereocenters. The molecule has 2 bridgehead atoms. The quantitative estimate of drug-likeness (QED) is 0.868. The second kappa shape index (κ2) is 5.20. The van der Waals surface area contributed by atoms with E-state index in [9.17, 15) is 0 Å².